The number of ether oxygens (including phenoxy) is 1. The molecule has 2 unspecified atom stereocenters. The summed E-state index contributed by atoms with van der Waals surface area (Å²) >= 11 is 6.05. The predicted octanol–water partition coefficient (Wildman–Crippen LogP) is 4.25. The maximum absolute atomic E-state index is 13.6. The fraction of sp³-hybridized carbons (Fsp3) is 0.235. The van der Waals surface area contributed by atoms with Crippen LogP contribution in [0.3, 0.4) is 0 Å². The van der Waals surface area contributed by atoms with E-state index in [2.05, 4.69) is 5.32 Å². The number of anilines is 1. The number of hydrogen-bond donors (Lipinski definition) is 1. The molecule has 6 heteroatoms. The van der Waals surface area contributed by atoms with Crippen LogP contribution in [0.1, 0.15) is 24.9 Å². The monoisotopic (exact) mass is 332 g/mol. The van der Waals surface area contributed by atoms with E-state index in [4.69, 9.17) is 16.3 Å². The highest BCUT2D eigenvalue weighted by atomic mass is 35.5. The first-order chi connectivity index (χ1) is 11.0. The van der Waals surface area contributed by atoms with E-state index in [1.807, 2.05) is 6.92 Å². The van der Waals surface area contributed by atoms with Crippen molar-refractivity contribution in [1.29, 1.82) is 0 Å². The number of urea groups is 1. The molecule has 4 rings (SSSR count). The number of rotatable bonds is 1. The van der Waals surface area contributed by atoms with E-state index >= 15 is 0 Å². The van der Waals surface area contributed by atoms with Gasteiger partial charge in [-0.3, -0.25) is 4.90 Å². The molecule has 0 radical (unpaired) electrons. The molecule has 2 heterocycles. The van der Waals surface area contributed by atoms with Crippen LogP contribution in [0.4, 0.5) is 14.9 Å². The highest BCUT2D eigenvalue weighted by molar-refractivity contribution is 6.30. The Morgan fingerprint density at radius 3 is 2.96 bits per heavy atom. The molecule has 1 N–H and O–H groups in total. The molecule has 118 valence electrons. The summed E-state index contributed by atoms with van der Waals surface area (Å²) in [5.74, 6) is 0.276. The minimum atomic E-state index is -0.887. The zero-order chi connectivity index (χ0) is 16.2. The van der Waals surface area contributed by atoms with E-state index in [0.717, 1.165) is 5.56 Å². The van der Waals surface area contributed by atoms with Gasteiger partial charge in [0.15, 0.2) is 5.72 Å². The summed E-state index contributed by atoms with van der Waals surface area (Å²) in [6.45, 7) is 1.83. The Labute approximate surface area is 137 Å². The van der Waals surface area contributed by atoms with Gasteiger partial charge < -0.3 is 10.1 Å². The van der Waals surface area contributed by atoms with Crippen molar-refractivity contribution in [3.8, 4) is 5.75 Å². The number of carbonyl (C=O) groups is 1. The molecular weight excluding hydrogens is 319 g/mol. The normalized spacial score (nSPS) is 25.4. The van der Waals surface area contributed by atoms with Gasteiger partial charge in [0.05, 0.1) is 11.7 Å². The van der Waals surface area contributed by atoms with Crippen LogP contribution in [-0.4, -0.2) is 11.8 Å². The average Bonchev–Trinajstić information content (AvgIpc) is 2.47. The molecular formula is C17H14ClFN2O2. The summed E-state index contributed by atoms with van der Waals surface area (Å²) in [5, 5.41) is 3.55. The third-order valence-corrected chi connectivity index (χ3v) is 4.54. The van der Waals surface area contributed by atoms with E-state index in [0.29, 0.717) is 22.9 Å². The van der Waals surface area contributed by atoms with E-state index in [1.165, 1.54) is 17.0 Å². The lowest BCUT2D eigenvalue weighted by atomic mass is 9.90. The molecule has 1 fully saturated rings. The van der Waals surface area contributed by atoms with E-state index < -0.39 is 11.5 Å². The largest absolute Gasteiger partial charge is 0.467 e. The van der Waals surface area contributed by atoms with Crippen LogP contribution >= 0.6 is 11.6 Å². The number of amides is 2. The maximum atomic E-state index is 13.6. The molecule has 0 aliphatic carbocycles. The van der Waals surface area contributed by atoms with Crippen molar-refractivity contribution in [3.63, 3.8) is 0 Å². The van der Waals surface area contributed by atoms with Gasteiger partial charge in [0, 0.05) is 17.0 Å². The third-order valence-electron chi connectivity index (χ3n) is 4.30. The van der Waals surface area contributed by atoms with Gasteiger partial charge in [-0.25, -0.2) is 9.18 Å². The van der Waals surface area contributed by atoms with Crippen LogP contribution in [0.25, 0.3) is 0 Å². The van der Waals surface area contributed by atoms with Gasteiger partial charge in [-0.15, -0.1) is 0 Å². The summed E-state index contributed by atoms with van der Waals surface area (Å²) in [7, 11) is 0. The van der Waals surface area contributed by atoms with Crippen LogP contribution in [0.2, 0.25) is 5.02 Å². The molecule has 2 atom stereocenters. The van der Waals surface area contributed by atoms with Crippen LogP contribution in [0.15, 0.2) is 42.5 Å². The molecule has 1 saturated heterocycles. The Balaban J connectivity index is 1.81. The Bertz CT molecular complexity index is 813. The van der Waals surface area contributed by atoms with Crippen molar-refractivity contribution < 1.29 is 13.9 Å². The van der Waals surface area contributed by atoms with Crippen LogP contribution in [0.5, 0.6) is 5.75 Å². The second-order valence-corrected chi connectivity index (χ2v) is 6.42. The fourth-order valence-corrected chi connectivity index (χ4v) is 3.53. The minimum absolute atomic E-state index is 0.181. The second-order valence-electron chi connectivity index (χ2n) is 5.98. The van der Waals surface area contributed by atoms with E-state index in [-0.39, 0.29) is 12.1 Å². The van der Waals surface area contributed by atoms with Crippen molar-refractivity contribution >= 4 is 23.3 Å². The van der Waals surface area contributed by atoms with Gasteiger partial charge in [0.25, 0.3) is 0 Å². The Morgan fingerprint density at radius 2 is 2.17 bits per heavy atom. The lowest BCUT2D eigenvalue weighted by Crippen LogP contribution is -2.65. The maximum Gasteiger partial charge on any atom is 0.325 e. The van der Waals surface area contributed by atoms with Crippen molar-refractivity contribution in [1.82, 2.24) is 5.32 Å². The molecule has 2 aromatic carbocycles. The summed E-state index contributed by atoms with van der Waals surface area (Å²) in [6, 6.07) is 10.8. The number of hydrogen-bond acceptors (Lipinski definition) is 2. The Hall–Kier alpha value is -2.27. The zero-order valence-electron chi connectivity index (χ0n) is 12.3. The van der Waals surface area contributed by atoms with Gasteiger partial charge in [0.1, 0.15) is 11.6 Å². The molecule has 4 nitrogen and oxygen atoms in total. The topological polar surface area (TPSA) is 41.6 Å². The number of halogens is 2. The Morgan fingerprint density at radius 1 is 1.35 bits per heavy atom. The Kier molecular flexibility index (Phi) is 3.03. The minimum Gasteiger partial charge on any atom is -0.467 e. The molecule has 2 amide bonds. The van der Waals surface area contributed by atoms with Gasteiger partial charge in [-0.05, 0) is 43.3 Å². The number of nitrogens with one attached hydrogen (secondary N) is 1. The molecule has 0 saturated carbocycles. The molecule has 2 bridgehead atoms. The van der Waals surface area contributed by atoms with Gasteiger partial charge in [-0.2, -0.15) is 0 Å². The summed E-state index contributed by atoms with van der Waals surface area (Å²) < 4.78 is 19.7. The number of carbonyl (C=O) groups excluding carboxylic acids is 1. The summed E-state index contributed by atoms with van der Waals surface area (Å²) in [5.41, 5.74) is 0.435. The van der Waals surface area contributed by atoms with Gasteiger partial charge in [-0.1, -0.05) is 17.7 Å². The lowest BCUT2D eigenvalue weighted by Gasteiger charge is -2.50. The fourth-order valence-electron chi connectivity index (χ4n) is 3.35. The zero-order valence-corrected chi connectivity index (χ0v) is 13.1. The van der Waals surface area contributed by atoms with Gasteiger partial charge in [0.2, 0.25) is 0 Å². The highest BCUT2D eigenvalue weighted by Crippen LogP contribution is 2.46. The molecule has 0 aromatic heterocycles. The van der Waals surface area contributed by atoms with Gasteiger partial charge >= 0.3 is 6.03 Å². The highest BCUT2D eigenvalue weighted by Gasteiger charge is 2.49. The van der Waals surface area contributed by atoms with Crippen molar-refractivity contribution in [3.05, 3.63) is 58.9 Å². The molecule has 2 aromatic rings. The molecule has 23 heavy (non-hydrogen) atoms. The quantitative estimate of drug-likeness (QED) is 0.848. The standard InChI is InChI=1S/C17H14ClFN2O2/c1-17-9-14(13-7-10(18)5-6-15(13)23-17)20-16(22)21(17)12-4-2-3-11(19)8-12/h2-8,14H,9H2,1H3,(H,20,22). The average molecular weight is 333 g/mol. The summed E-state index contributed by atoms with van der Waals surface area (Å²) in [4.78, 5) is 14.1. The SMILES string of the molecule is CC12CC(NC(=O)N1c1cccc(F)c1)c1cc(Cl)ccc1O2. The smallest absolute Gasteiger partial charge is 0.325 e. The van der Waals surface area contributed by atoms with Crippen LogP contribution in [0, 0.1) is 5.82 Å². The van der Waals surface area contributed by atoms with Crippen molar-refractivity contribution in [2.24, 2.45) is 0 Å². The van der Waals surface area contributed by atoms with Crippen LogP contribution in [-0.2, 0) is 0 Å². The first-order valence-electron chi connectivity index (χ1n) is 7.31. The van der Waals surface area contributed by atoms with Crippen molar-refractivity contribution in [2.75, 3.05) is 4.90 Å². The third kappa shape index (κ3) is 2.23. The first-order valence-corrected chi connectivity index (χ1v) is 7.69. The van der Waals surface area contributed by atoms with Crippen molar-refractivity contribution in [2.45, 2.75) is 25.1 Å². The first kappa shape index (κ1) is 14.3. The molecule has 2 aliphatic heterocycles. The van der Waals surface area contributed by atoms with E-state index in [9.17, 15) is 9.18 Å². The predicted molar refractivity (Wildman–Crippen MR) is 85.3 cm³/mol. The number of fused-ring (bicyclic) bond motifs is 4. The lowest BCUT2D eigenvalue weighted by molar-refractivity contribution is 0.0378. The molecule has 0 spiro atoms. The summed E-state index contributed by atoms with van der Waals surface area (Å²) in [6.07, 6.45) is 0.544. The molecule has 2 aliphatic rings. The van der Waals surface area contributed by atoms with E-state index in [1.54, 1.807) is 30.3 Å². The second kappa shape index (κ2) is 4.86. The van der Waals surface area contributed by atoms with Crippen LogP contribution < -0.4 is 15.0 Å². The number of benzene rings is 2. The number of nitrogens with zero attached hydrogens (tertiary/aromatic N) is 1.